The average molecular weight is 559 g/mol. The highest BCUT2D eigenvalue weighted by Gasteiger charge is 2.24. The van der Waals surface area contributed by atoms with E-state index in [2.05, 4.69) is 42.2 Å². The van der Waals surface area contributed by atoms with E-state index in [-0.39, 0.29) is 16.9 Å². The second kappa shape index (κ2) is 11.0. The van der Waals surface area contributed by atoms with Gasteiger partial charge in [0.1, 0.15) is 11.4 Å². The van der Waals surface area contributed by atoms with Crippen molar-refractivity contribution in [1.29, 1.82) is 0 Å². The summed E-state index contributed by atoms with van der Waals surface area (Å²) in [6.45, 7) is 3.88. The van der Waals surface area contributed by atoms with Crippen molar-refractivity contribution in [3.8, 4) is 11.8 Å². The molecule has 1 aromatic carbocycles. The number of benzene rings is 1. The van der Waals surface area contributed by atoms with Crippen LogP contribution < -0.4 is 16.6 Å². The lowest BCUT2D eigenvalue weighted by atomic mass is 10.1. The standard InChI is InChI=1S/C30H26N10O2/c1-18-10-14-40-28(35-18)25(26(31)38-40)29(41)36-19(2)27-37-23-7-3-6-21(9-8-20-5-4-12-32-15-20)24(23)30(42)39(27)13-11-22-16-33-17-34-22/h3-7,10,12,14-17,19H,11,13H2,1-2H3,(H2,31,38)(H,33,34)(H,36,41). The maximum Gasteiger partial charge on any atom is 0.262 e. The molecule has 0 saturated carbocycles. The minimum atomic E-state index is -0.666. The fourth-order valence-electron chi connectivity index (χ4n) is 4.75. The molecule has 208 valence electrons. The predicted molar refractivity (Wildman–Crippen MR) is 157 cm³/mol. The third kappa shape index (κ3) is 5.06. The Morgan fingerprint density at radius 3 is 2.79 bits per heavy atom. The lowest BCUT2D eigenvalue weighted by molar-refractivity contribution is 0.0939. The van der Waals surface area contributed by atoms with Crippen molar-refractivity contribution in [2.45, 2.75) is 32.9 Å². The predicted octanol–water partition coefficient (Wildman–Crippen LogP) is 2.58. The lowest BCUT2D eigenvalue weighted by Crippen LogP contribution is -2.34. The Hall–Kier alpha value is -5.83. The monoisotopic (exact) mass is 558 g/mol. The number of aromatic amines is 1. The minimum absolute atomic E-state index is 0.0535. The van der Waals surface area contributed by atoms with Gasteiger partial charge in [-0.3, -0.25) is 19.1 Å². The molecule has 0 saturated heterocycles. The zero-order chi connectivity index (χ0) is 29.2. The van der Waals surface area contributed by atoms with Crippen LogP contribution in [0.3, 0.4) is 0 Å². The van der Waals surface area contributed by atoms with Gasteiger partial charge in [-0.1, -0.05) is 17.9 Å². The number of H-pyrrole nitrogens is 1. The SMILES string of the molecule is Cc1ccn2nc(N)c(C(=O)NC(C)c3nc4cccc(C#Cc5cccnc5)c4c(=O)n3CCc3cnc[nH]3)c2n1. The summed E-state index contributed by atoms with van der Waals surface area (Å²) in [5.41, 5.74) is 9.67. The van der Waals surface area contributed by atoms with E-state index in [1.165, 1.54) is 4.52 Å². The summed E-state index contributed by atoms with van der Waals surface area (Å²) in [4.78, 5) is 48.1. The van der Waals surface area contributed by atoms with Crippen LogP contribution in [-0.2, 0) is 13.0 Å². The highest BCUT2D eigenvalue weighted by Crippen LogP contribution is 2.21. The maximum atomic E-state index is 14.1. The molecule has 1 atom stereocenters. The van der Waals surface area contributed by atoms with E-state index in [1.54, 1.807) is 72.9 Å². The van der Waals surface area contributed by atoms with Gasteiger partial charge < -0.3 is 16.0 Å². The van der Waals surface area contributed by atoms with Crippen LogP contribution in [0.5, 0.6) is 0 Å². The third-order valence-electron chi connectivity index (χ3n) is 6.79. The number of amides is 1. The molecule has 12 nitrogen and oxygen atoms in total. The smallest absolute Gasteiger partial charge is 0.262 e. The molecule has 4 N–H and O–H groups in total. The van der Waals surface area contributed by atoms with Crippen LogP contribution >= 0.6 is 0 Å². The van der Waals surface area contributed by atoms with Crippen molar-refractivity contribution in [2.75, 3.05) is 5.73 Å². The van der Waals surface area contributed by atoms with Crippen molar-refractivity contribution in [1.82, 2.24) is 44.4 Å². The van der Waals surface area contributed by atoms with Crippen molar-refractivity contribution < 1.29 is 4.79 Å². The van der Waals surface area contributed by atoms with E-state index in [0.717, 1.165) is 17.0 Å². The number of carbonyl (C=O) groups excluding carboxylic acids is 1. The Kier molecular flexibility index (Phi) is 6.90. The quantitative estimate of drug-likeness (QED) is 0.263. The van der Waals surface area contributed by atoms with Crippen LogP contribution in [0.4, 0.5) is 5.82 Å². The molecule has 0 fully saturated rings. The van der Waals surface area contributed by atoms with Gasteiger partial charge in [0, 0.05) is 60.3 Å². The van der Waals surface area contributed by atoms with Gasteiger partial charge in [-0.25, -0.2) is 19.5 Å². The first-order chi connectivity index (χ1) is 20.4. The van der Waals surface area contributed by atoms with Crippen LogP contribution in [0.15, 0.2) is 72.3 Å². The summed E-state index contributed by atoms with van der Waals surface area (Å²) in [6.07, 6.45) is 8.82. The lowest BCUT2D eigenvalue weighted by Gasteiger charge is -2.20. The zero-order valence-corrected chi connectivity index (χ0v) is 22.9. The van der Waals surface area contributed by atoms with Crippen LogP contribution in [0.25, 0.3) is 16.6 Å². The molecule has 42 heavy (non-hydrogen) atoms. The highest BCUT2D eigenvalue weighted by atomic mass is 16.2. The molecule has 6 aromatic rings. The average Bonchev–Trinajstić information content (AvgIpc) is 3.62. The highest BCUT2D eigenvalue weighted by molar-refractivity contribution is 6.04. The molecule has 0 aliphatic rings. The van der Waals surface area contributed by atoms with Gasteiger partial charge in [-0.2, -0.15) is 0 Å². The summed E-state index contributed by atoms with van der Waals surface area (Å²) in [5.74, 6) is 6.15. The Morgan fingerprint density at radius 2 is 2.00 bits per heavy atom. The van der Waals surface area contributed by atoms with Gasteiger partial charge in [0.2, 0.25) is 0 Å². The van der Waals surface area contributed by atoms with Crippen molar-refractivity contribution in [3.05, 3.63) is 112 Å². The number of fused-ring (bicyclic) bond motifs is 2. The summed E-state index contributed by atoms with van der Waals surface area (Å²) in [7, 11) is 0. The number of nitrogens with two attached hydrogens (primary N) is 1. The van der Waals surface area contributed by atoms with Gasteiger partial charge in [0.25, 0.3) is 11.5 Å². The van der Waals surface area contributed by atoms with Gasteiger partial charge in [0.05, 0.1) is 23.3 Å². The molecule has 1 amide bonds. The van der Waals surface area contributed by atoms with Crippen molar-refractivity contribution in [3.63, 3.8) is 0 Å². The fourth-order valence-corrected chi connectivity index (χ4v) is 4.75. The first-order valence-corrected chi connectivity index (χ1v) is 13.2. The van der Waals surface area contributed by atoms with E-state index < -0.39 is 11.9 Å². The molecular formula is C30H26N10O2. The van der Waals surface area contributed by atoms with Crippen LogP contribution in [-0.4, -0.2) is 45.0 Å². The van der Waals surface area contributed by atoms with Crippen LogP contribution in [0.1, 0.15) is 51.7 Å². The molecule has 0 bridgehead atoms. The van der Waals surface area contributed by atoms with Crippen LogP contribution in [0, 0.1) is 18.8 Å². The molecule has 0 aliphatic heterocycles. The normalized spacial score (nSPS) is 11.8. The number of anilines is 1. The second-order valence-electron chi connectivity index (χ2n) is 9.74. The Labute approximate surface area is 239 Å². The van der Waals surface area contributed by atoms with Gasteiger partial charge in [0.15, 0.2) is 11.5 Å². The molecule has 5 aromatic heterocycles. The van der Waals surface area contributed by atoms with E-state index in [9.17, 15) is 9.59 Å². The topological polar surface area (TPSA) is 162 Å². The van der Waals surface area contributed by atoms with Gasteiger partial charge in [-0.05, 0) is 44.2 Å². The van der Waals surface area contributed by atoms with E-state index in [0.29, 0.717) is 40.9 Å². The number of rotatable bonds is 6. The number of aromatic nitrogens is 8. The number of nitrogen functional groups attached to an aromatic ring is 1. The minimum Gasteiger partial charge on any atom is -0.381 e. The number of nitrogens with one attached hydrogen (secondary N) is 2. The number of imidazole rings is 1. The molecule has 0 spiro atoms. The van der Waals surface area contributed by atoms with Crippen molar-refractivity contribution in [2.24, 2.45) is 0 Å². The second-order valence-corrected chi connectivity index (χ2v) is 9.74. The van der Waals surface area contributed by atoms with E-state index in [1.807, 2.05) is 13.0 Å². The summed E-state index contributed by atoms with van der Waals surface area (Å²) >= 11 is 0. The number of carbonyl (C=O) groups is 1. The Balaban J connectivity index is 1.42. The number of hydrogen-bond acceptors (Lipinski definition) is 8. The molecular weight excluding hydrogens is 532 g/mol. The summed E-state index contributed by atoms with van der Waals surface area (Å²) in [6, 6.07) is 10.1. The molecule has 0 aliphatic carbocycles. The van der Waals surface area contributed by atoms with Crippen molar-refractivity contribution >= 4 is 28.3 Å². The summed E-state index contributed by atoms with van der Waals surface area (Å²) in [5, 5.41) is 7.55. The molecule has 1 unspecified atom stereocenters. The largest absolute Gasteiger partial charge is 0.381 e. The van der Waals surface area contributed by atoms with Gasteiger partial charge >= 0.3 is 0 Å². The Morgan fingerprint density at radius 1 is 1.12 bits per heavy atom. The maximum absolute atomic E-state index is 14.1. The number of aryl methyl sites for hydroxylation is 2. The third-order valence-corrected chi connectivity index (χ3v) is 6.79. The molecule has 0 radical (unpaired) electrons. The van der Waals surface area contributed by atoms with E-state index in [4.69, 9.17) is 10.7 Å². The number of hydrogen-bond donors (Lipinski definition) is 3. The van der Waals surface area contributed by atoms with Gasteiger partial charge in [-0.15, -0.1) is 5.10 Å². The summed E-state index contributed by atoms with van der Waals surface area (Å²) < 4.78 is 3.04. The zero-order valence-electron chi connectivity index (χ0n) is 22.9. The fraction of sp³-hybridized carbons (Fsp3) is 0.167. The Bertz CT molecular complexity index is 2050. The molecule has 5 heterocycles. The molecule has 6 rings (SSSR count). The first kappa shape index (κ1) is 26.4. The van der Waals surface area contributed by atoms with E-state index >= 15 is 0 Å². The molecule has 12 heteroatoms. The number of pyridine rings is 1. The number of nitrogens with zero attached hydrogens (tertiary/aromatic N) is 7. The van der Waals surface area contributed by atoms with Crippen LogP contribution in [0.2, 0.25) is 0 Å². The first-order valence-electron chi connectivity index (χ1n) is 13.2.